The van der Waals surface area contributed by atoms with E-state index in [1.54, 1.807) is 18.2 Å². The molecule has 0 amide bonds. The Kier molecular flexibility index (Phi) is 3.06. The fourth-order valence-electron chi connectivity index (χ4n) is 0.970. The Labute approximate surface area is 80.2 Å². The molecule has 0 N–H and O–H groups in total. The van der Waals surface area contributed by atoms with Crippen LogP contribution in [0.25, 0.3) is 6.08 Å². The molecule has 1 rings (SSSR count). The Hall–Kier alpha value is -2.04. The number of benzene rings is 1. The van der Waals surface area contributed by atoms with Crippen molar-refractivity contribution >= 4 is 11.8 Å². The van der Waals surface area contributed by atoms with Crippen LogP contribution in [0.4, 0.5) is 5.69 Å². The first kappa shape index (κ1) is 10.0. The van der Waals surface area contributed by atoms with Crippen molar-refractivity contribution < 1.29 is 4.92 Å². The molecule has 0 radical (unpaired) electrons. The number of nitro groups is 1. The zero-order valence-corrected chi connectivity index (χ0v) is 7.51. The third-order valence-corrected chi connectivity index (χ3v) is 1.69. The van der Waals surface area contributed by atoms with Crippen LogP contribution >= 0.6 is 0 Å². The Bertz CT molecular complexity index is 399. The van der Waals surface area contributed by atoms with E-state index in [1.165, 1.54) is 19.1 Å². The number of nitroso groups, excluding NO2 is 1. The van der Waals surface area contributed by atoms with Crippen molar-refractivity contribution in [1.82, 2.24) is 0 Å². The summed E-state index contributed by atoms with van der Waals surface area (Å²) in [5.74, 6) is 0. The molecule has 0 atom stereocenters. The largest absolute Gasteiger partial charge is 0.259 e. The summed E-state index contributed by atoms with van der Waals surface area (Å²) in [4.78, 5) is 20.1. The van der Waals surface area contributed by atoms with E-state index in [0.717, 1.165) is 0 Å². The lowest BCUT2D eigenvalue weighted by molar-refractivity contribution is -0.422. The summed E-state index contributed by atoms with van der Waals surface area (Å²) in [5, 5.41) is 13.1. The van der Waals surface area contributed by atoms with Gasteiger partial charge in [-0.05, 0) is 11.2 Å². The number of rotatable bonds is 3. The van der Waals surface area contributed by atoms with Crippen LogP contribution in [-0.4, -0.2) is 4.92 Å². The highest BCUT2D eigenvalue weighted by atomic mass is 16.6. The van der Waals surface area contributed by atoms with Gasteiger partial charge in [-0.2, -0.15) is 0 Å². The molecule has 5 nitrogen and oxygen atoms in total. The van der Waals surface area contributed by atoms with E-state index >= 15 is 0 Å². The van der Waals surface area contributed by atoms with Gasteiger partial charge in [-0.25, -0.2) is 0 Å². The summed E-state index contributed by atoms with van der Waals surface area (Å²) in [6, 6.07) is 6.44. The number of allylic oxidation sites excluding steroid dienone is 1. The van der Waals surface area contributed by atoms with Gasteiger partial charge in [0.2, 0.25) is 5.70 Å². The first-order chi connectivity index (χ1) is 6.65. The van der Waals surface area contributed by atoms with Crippen molar-refractivity contribution in [1.29, 1.82) is 0 Å². The summed E-state index contributed by atoms with van der Waals surface area (Å²) >= 11 is 0. The predicted octanol–water partition coefficient (Wildman–Crippen LogP) is 2.72. The minimum absolute atomic E-state index is 0.0268. The quantitative estimate of drug-likeness (QED) is 0.420. The summed E-state index contributed by atoms with van der Waals surface area (Å²) in [6.45, 7) is 1.36. The van der Waals surface area contributed by atoms with E-state index in [1.807, 2.05) is 0 Å². The Morgan fingerprint density at radius 1 is 1.50 bits per heavy atom. The highest BCUT2D eigenvalue weighted by Crippen LogP contribution is 2.20. The standard InChI is InChI=1S/C9H8N2O3/c1-7(11(13)14)6-8-4-2-3-5-9(8)10-12/h2-6H,1H3/b7-6+. The van der Waals surface area contributed by atoms with Crippen molar-refractivity contribution in [3.63, 3.8) is 0 Å². The van der Waals surface area contributed by atoms with Crippen LogP contribution in [0.2, 0.25) is 0 Å². The smallest absolute Gasteiger partial charge is 0.243 e. The summed E-state index contributed by atoms with van der Waals surface area (Å²) in [6.07, 6.45) is 1.32. The molecule has 0 spiro atoms. The second kappa shape index (κ2) is 4.27. The highest BCUT2D eigenvalue weighted by molar-refractivity contribution is 5.64. The lowest BCUT2D eigenvalue weighted by Crippen LogP contribution is -1.92. The number of nitrogens with zero attached hydrogens (tertiary/aromatic N) is 2. The molecule has 0 aliphatic carbocycles. The van der Waals surface area contributed by atoms with Crippen LogP contribution in [0.3, 0.4) is 0 Å². The van der Waals surface area contributed by atoms with Gasteiger partial charge in [0.15, 0.2) is 0 Å². The topological polar surface area (TPSA) is 72.6 Å². The fourth-order valence-corrected chi connectivity index (χ4v) is 0.970. The van der Waals surface area contributed by atoms with E-state index < -0.39 is 4.92 Å². The van der Waals surface area contributed by atoms with Gasteiger partial charge in [-0.1, -0.05) is 18.2 Å². The second-order valence-electron chi connectivity index (χ2n) is 2.69. The molecule has 0 fully saturated rings. The van der Waals surface area contributed by atoms with Crippen LogP contribution < -0.4 is 0 Å². The van der Waals surface area contributed by atoms with Gasteiger partial charge in [0.05, 0.1) is 4.92 Å². The van der Waals surface area contributed by atoms with E-state index in [9.17, 15) is 15.0 Å². The molecule has 14 heavy (non-hydrogen) atoms. The molecule has 0 aromatic heterocycles. The van der Waals surface area contributed by atoms with Crippen LogP contribution in [0, 0.1) is 15.0 Å². The second-order valence-corrected chi connectivity index (χ2v) is 2.69. The first-order valence-electron chi connectivity index (χ1n) is 3.90. The van der Waals surface area contributed by atoms with Crippen molar-refractivity contribution in [2.75, 3.05) is 0 Å². The minimum Gasteiger partial charge on any atom is -0.259 e. The molecule has 0 saturated heterocycles. The van der Waals surface area contributed by atoms with E-state index in [2.05, 4.69) is 5.18 Å². The zero-order chi connectivity index (χ0) is 10.6. The molecule has 72 valence electrons. The molecule has 0 aliphatic rings. The Morgan fingerprint density at radius 2 is 2.14 bits per heavy atom. The predicted molar refractivity (Wildman–Crippen MR) is 52.5 cm³/mol. The molecule has 5 heteroatoms. The summed E-state index contributed by atoms with van der Waals surface area (Å²) in [7, 11) is 0. The van der Waals surface area contributed by atoms with Gasteiger partial charge < -0.3 is 0 Å². The first-order valence-corrected chi connectivity index (χ1v) is 3.90. The SMILES string of the molecule is C/C(=C\c1ccccc1N=O)[N+](=O)[O-]. The maximum atomic E-state index is 10.3. The molecule has 0 bridgehead atoms. The summed E-state index contributed by atoms with van der Waals surface area (Å²) < 4.78 is 0. The molecule has 0 aliphatic heterocycles. The molecule has 1 aromatic rings. The van der Waals surface area contributed by atoms with Crippen molar-refractivity contribution in [3.8, 4) is 0 Å². The molecule has 0 saturated carbocycles. The van der Waals surface area contributed by atoms with Gasteiger partial charge in [-0.15, -0.1) is 4.91 Å². The van der Waals surface area contributed by atoms with Crippen molar-refractivity contribution in [2.45, 2.75) is 6.92 Å². The van der Waals surface area contributed by atoms with Crippen LogP contribution in [0.15, 0.2) is 35.1 Å². The van der Waals surface area contributed by atoms with Crippen LogP contribution in [0.5, 0.6) is 0 Å². The average Bonchev–Trinajstić information content (AvgIpc) is 2.18. The van der Waals surface area contributed by atoms with Gasteiger partial charge in [-0.3, -0.25) is 10.1 Å². The monoisotopic (exact) mass is 192 g/mol. The summed E-state index contributed by atoms with van der Waals surface area (Å²) in [5.41, 5.74) is 0.631. The lowest BCUT2D eigenvalue weighted by Gasteiger charge is -1.95. The van der Waals surface area contributed by atoms with Gasteiger partial charge in [0, 0.05) is 18.6 Å². The van der Waals surface area contributed by atoms with Crippen molar-refractivity contribution in [2.24, 2.45) is 5.18 Å². The molecule has 0 unspecified atom stereocenters. The van der Waals surface area contributed by atoms with Gasteiger partial charge in [0.1, 0.15) is 5.69 Å². The molecule has 0 heterocycles. The van der Waals surface area contributed by atoms with Crippen LogP contribution in [-0.2, 0) is 0 Å². The van der Waals surface area contributed by atoms with E-state index in [4.69, 9.17) is 0 Å². The van der Waals surface area contributed by atoms with Gasteiger partial charge in [0.25, 0.3) is 0 Å². The third-order valence-electron chi connectivity index (χ3n) is 1.69. The van der Waals surface area contributed by atoms with E-state index in [0.29, 0.717) is 5.56 Å². The van der Waals surface area contributed by atoms with E-state index in [-0.39, 0.29) is 11.4 Å². The maximum absolute atomic E-state index is 10.3. The van der Waals surface area contributed by atoms with Crippen molar-refractivity contribution in [3.05, 3.63) is 50.5 Å². The Balaban J connectivity index is 3.13. The number of hydrogen-bond donors (Lipinski definition) is 0. The molecule has 1 aromatic carbocycles. The number of hydrogen-bond acceptors (Lipinski definition) is 4. The van der Waals surface area contributed by atoms with Gasteiger partial charge >= 0.3 is 0 Å². The average molecular weight is 192 g/mol. The third kappa shape index (κ3) is 2.22. The minimum atomic E-state index is -0.512. The van der Waals surface area contributed by atoms with Crippen LogP contribution in [0.1, 0.15) is 12.5 Å². The normalized spacial score (nSPS) is 11.1. The zero-order valence-electron chi connectivity index (χ0n) is 7.51. The lowest BCUT2D eigenvalue weighted by atomic mass is 10.1. The fraction of sp³-hybridized carbons (Fsp3) is 0.111. The maximum Gasteiger partial charge on any atom is 0.243 e. The molecular weight excluding hydrogens is 184 g/mol. The highest BCUT2D eigenvalue weighted by Gasteiger charge is 2.05. The Morgan fingerprint density at radius 3 is 2.71 bits per heavy atom. The molecular formula is C9H8N2O3.